The van der Waals surface area contributed by atoms with Crippen molar-refractivity contribution < 1.29 is 9.90 Å². The molecule has 1 aliphatic heterocycles. The normalized spacial score (nSPS) is 25.8. The number of piperidine rings is 1. The quantitative estimate of drug-likeness (QED) is 0.862. The summed E-state index contributed by atoms with van der Waals surface area (Å²) in [5, 5.41) is 11.3. The number of thiazole rings is 1. The molecule has 88 valence electrons. The Morgan fingerprint density at radius 1 is 1.62 bits per heavy atom. The molecular weight excluding hydrogens is 224 g/mol. The van der Waals surface area contributed by atoms with Crippen molar-refractivity contribution in [2.75, 3.05) is 11.4 Å². The van der Waals surface area contributed by atoms with Gasteiger partial charge in [-0.3, -0.25) is 0 Å². The third-order valence-corrected chi connectivity index (χ3v) is 3.97. The number of aromatic nitrogens is 1. The Balaban J connectivity index is 2.14. The summed E-state index contributed by atoms with van der Waals surface area (Å²) < 4.78 is 0. The molecule has 1 fully saturated rings. The average Bonchev–Trinajstić information content (AvgIpc) is 2.66. The van der Waals surface area contributed by atoms with Crippen molar-refractivity contribution in [3.05, 3.63) is 11.1 Å². The van der Waals surface area contributed by atoms with Crippen molar-refractivity contribution in [2.24, 2.45) is 5.92 Å². The van der Waals surface area contributed by atoms with Gasteiger partial charge in [0.2, 0.25) is 0 Å². The first-order chi connectivity index (χ1) is 7.58. The highest BCUT2D eigenvalue weighted by atomic mass is 32.1. The first-order valence-electron chi connectivity index (χ1n) is 5.53. The van der Waals surface area contributed by atoms with Gasteiger partial charge in [0.05, 0.1) is 0 Å². The van der Waals surface area contributed by atoms with Gasteiger partial charge < -0.3 is 10.0 Å². The number of aromatic carboxylic acids is 1. The van der Waals surface area contributed by atoms with Crippen LogP contribution in [0.4, 0.5) is 5.13 Å². The molecule has 0 aliphatic carbocycles. The molecule has 1 N–H and O–H groups in total. The van der Waals surface area contributed by atoms with Gasteiger partial charge in [-0.25, -0.2) is 9.78 Å². The smallest absolute Gasteiger partial charge is 0.355 e. The predicted octanol–water partition coefficient (Wildman–Crippen LogP) is 2.47. The summed E-state index contributed by atoms with van der Waals surface area (Å²) in [5.74, 6) is -0.189. The van der Waals surface area contributed by atoms with E-state index < -0.39 is 5.97 Å². The molecule has 2 atom stereocenters. The monoisotopic (exact) mass is 240 g/mol. The fourth-order valence-electron chi connectivity index (χ4n) is 2.19. The number of carboxylic acid groups (broad SMARTS) is 1. The second-order valence-corrected chi connectivity index (χ2v) is 5.33. The van der Waals surface area contributed by atoms with E-state index in [9.17, 15) is 4.79 Å². The van der Waals surface area contributed by atoms with Crippen LogP contribution in [-0.2, 0) is 0 Å². The number of rotatable bonds is 2. The molecule has 1 saturated heterocycles. The summed E-state index contributed by atoms with van der Waals surface area (Å²) in [6.07, 6.45) is 2.31. The van der Waals surface area contributed by atoms with Gasteiger partial charge >= 0.3 is 5.97 Å². The Bertz CT molecular complexity index is 391. The van der Waals surface area contributed by atoms with Crippen molar-refractivity contribution in [3.63, 3.8) is 0 Å². The Morgan fingerprint density at radius 2 is 2.38 bits per heavy atom. The molecule has 0 spiro atoms. The van der Waals surface area contributed by atoms with E-state index >= 15 is 0 Å². The summed E-state index contributed by atoms with van der Waals surface area (Å²) in [6, 6.07) is 0.455. The molecule has 2 unspecified atom stereocenters. The highest BCUT2D eigenvalue weighted by Crippen LogP contribution is 2.29. The predicted molar refractivity (Wildman–Crippen MR) is 64.3 cm³/mol. The maximum atomic E-state index is 10.8. The molecular formula is C11H16N2O2S. The summed E-state index contributed by atoms with van der Waals surface area (Å²) in [5.41, 5.74) is 0.158. The van der Waals surface area contributed by atoms with Crippen molar-refractivity contribution in [1.82, 2.24) is 4.98 Å². The first-order valence-corrected chi connectivity index (χ1v) is 6.41. The molecule has 4 nitrogen and oxygen atoms in total. The summed E-state index contributed by atoms with van der Waals surface area (Å²) in [6.45, 7) is 5.42. The SMILES string of the molecule is CC1CCN(c2nc(C(=O)O)cs2)C(C)C1. The Labute approximate surface area is 98.9 Å². The van der Waals surface area contributed by atoms with Gasteiger partial charge in [-0.05, 0) is 25.7 Å². The zero-order valence-electron chi connectivity index (χ0n) is 9.51. The van der Waals surface area contributed by atoms with Gasteiger partial charge in [-0.1, -0.05) is 6.92 Å². The van der Waals surface area contributed by atoms with Crippen molar-refractivity contribution >= 4 is 22.4 Å². The molecule has 0 aromatic carbocycles. The van der Waals surface area contributed by atoms with Gasteiger partial charge in [0.25, 0.3) is 0 Å². The molecule has 5 heteroatoms. The third kappa shape index (κ3) is 2.19. The molecule has 1 aromatic rings. The van der Waals surface area contributed by atoms with E-state index in [2.05, 4.69) is 23.7 Å². The number of carbonyl (C=O) groups is 1. The van der Waals surface area contributed by atoms with Gasteiger partial charge in [0, 0.05) is 18.0 Å². The van der Waals surface area contributed by atoms with E-state index in [-0.39, 0.29) is 5.69 Å². The minimum Gasteiger partial charge on any atom is -0.476 e. The van der Waals surface area contributed by atoms with E-state index in [0.29, 0.717) is 6.04 Å². The maximum absolute atomic E-state index is 10.8. The number of carboxylic acids is 1. The number of anilines is 1. The van der Waals surface area contributed by atoms with Crippen LogP contribution in [0.15, 0.2) is 5.38 Å². The second-order valence-electron chi connectivity index (χ2n) is 4.49. The lowest BCUT2D eigenvalue weighted by Gasteiger charge is -2.36. The van der Waals surface area contributed by atoms with E-state index in [1.54, 1.807) is 5.38 Å². The first kappa shape index (κ1) is 11.4. The lowest BCUT2D eigenvalue weighted by molar-refractivity contribution is 0.0691. The van der Waals surface area contributed by atoms with Gasteiger partial charge in [-0.15, -0.1) is 11.3 Å². The topological polar surface area (TPSA) is 53.4 Å². The summed E-state index contributed by atoms with van der Waals surface area (Å²) >= 11 is 1.42. The van der Waals surface area contributed by atoms with E-state index in [1.165, 1.54) is 11.3 Å². The molecule has 2 heterocycles. The Morgan fingerprint density at radius 3 is 2.94 bits per heavy atom. The van der Waals surface area contributed by atoms with Crippen LogP contribution < -0.4 is 4.90 Å². The molecule has 16 heavy (non-hydrogen) atoms. The van der Waals surface area contributed by atoms with Crippen LogP contribution in [0.1, 0.15) is 37.2 Å². The fourth-order valence-corrected chi connectivity index (χ4v) is 3.11. The van der Waals surface area contributed by atoms with Crippen molar-refractivity contribution in [3.8, 4) is 0 Å². The van der Waals surface area contributed by atoms with Gasteiger partial charge in [-0.2, -0.15) is 0 Å². The second kappa shape index (κ2) is 4.41. The van der Waals surface area contributed by atoms with E-state index in [1.807, 2.05) is 0 Å². The third-order valence-electron chi connectivity index (χ3n) is 3.10. The average molecular weight is 240 g/mol. The van der Waals surface area contributed by atoms with Crippen molar-refractivity contribution in [1.29, 1.82) is 0 Å². The molecule has 0 amide bonds. The minimum atomic E-state index is -0.944. The Hall–Kier alpha value is -1.10. The standard InChI is InChI=1S/C11H16N2O2S/c1-7-3-4-13(8(2)5-7)11-12-9(6-16-11)10(14)15/h6-8H,3-5H2,1-2H3,(H,14,15). The fraction of sp³-hybridized carbons (Fsp3) is 0.636. The minimum absolute atomic E-state index is 0.158. The van der Waals surface area contributed by atoms with Crippen molar-refractivity contribution in [2.45, 2.75) is 32.7 Å². The number of hydrogen-bond acceptors (Lipinski definition) is 4. The molecule has 2 rings (SSSR count). The van der Waals surface area contributed by atoms with Crippen LogP contribution in [0.5, 0.6) is 0 Å². The van der Waals surface area contributed by atoms with E-state index in [0.717, 1.165) is 30.4 Å². The highest BCUT2D eigenvalue weighted by Gasteiger charge is 2.25. The zero-order valence-corrected chi connectivity index (χ0v) is 10.3. The molecule has 0 saturated carbocycles. The van der Waals surface area contributed by atoms with Crippen LogP contribution in [0.3, 0.4) is 0 Å². The summed E-state index contributed by atoms with van der Waals surface area (Å²) in [7, 11) is 0. The molecule has 1 aromatic heterocycles. The lowest BCUT2D eigenvalue weighted by atomic mass is 9.94. The molecule has 0 radical (unpaired) electrons. The lowest BCUT2D eigenvalue weighted by Crippen LogP contribution is -2.40. The Kier molecular flexibility index (Phi) is 3.14. The molecule has 0 bridgehead atoms. The van der Waals surface area contributed by atoms with Gasteiger partial charge in [0.1, 0.15) is 0 Å². The van der Waals surface area contributed by atoms with Crippen LogP contribution in [0.25, 0.3) is 0 Å². The largest absolute Gasteiger partial charge is 0.476 e. The number of hydrogen-bond donors (Lipinski definition) is 1. The van der Waals surface area contributed by atoms with E-state index in [4.69, 9.17) is 5.11 Å². The van der Waals surface area contributed by atoms with Crippen LogP contribution in [0.2, 0.25) is 0 Å². The number of nitrogens with zero attached hydrogens (tertiary/aromatic N) is 2. The van der Waals surface area contributed by atoms with Crippen LogP contribution in [-0.4, -0.2) is 28.6 Å². The highest BCUT2D eigenvalue weighted by molar-refractivity contribution is 7.13. The van der Waals surface area contributed by atoms with Crippen LogP contribution >= 0.6 is 11.3 Å². The zero-order chi connectivity index (χ0) is 11.7. The summed E-state index contributed by atoms with van der Waals surface area (Å²) in [4.78, 5) is 17.1. The van der Waals surface area contributed by atoms with Gasteiger partial charge in [0.15, 0.2) is 10.8 Å². The maximum Gasteiger partial charge on any atom is 0.355 e. The van der Waals surface area contributed by atoms with Crippen LogP contribution in [0, 0.1) is 5.92 Å². The molecule has 1 aliphatic rings.